The van der Waals surface area contributed by atoms with Crippen molar-refractivity contribution in [1.29, 1.82) is 0 Å². The minimum atomic E-state index is 0. The van der Waals surface area contributed by atoms with Gasteiger partial charge in [0.25, 0.3) is 0 Å². The van der Waals surface area contributed by atoms with Gasteiger partial charge in [0.1, 0.15) is 5.84 Å². The van der Waals surface area contributed by atoms with E-state index in [-0.39, 0.29) is 24.8 Å². The first kappa shape index (κ1) is 20.7. The average molecular weight is 279 g/mol. The molecule has 0 atom stereocenters. The van der Waals surface area contributed by atoms with Crippen molar-refractivity contribution in [2.45, 2.75) is 20.3 Å². The van der Waals surface area contributed by atoms with Gasteiger partial charge in [-0.3, -0.25) is 4.99 Å². The summed E-state index contributed by atoms with van der Waals surface area (Å²) in [6, 6.07) is 0. The lowest BCUT2D eigenvalue weighted by atomic mass is 10.3. The van der Waals surface area contributed by atoms with Crippen molar-refractivity contribution in [3.8, 4) is 0 Å². The van der Waals surface area contributed by atoms with E-state index in [0.717, 1.165) is 32.6 Å². The fourth-order valence-electron chi connectivity index (χ4n) is 1.10. The Morgan fingerprint density at radius 2 is 1.80 bits per heavy atom. The minimum Gasteiger partial charge on any atom is -0.386 e. The van der Waals surface area contributed by atoms with Crippen molar-refractivity contribution in [2.75, 3.05) is 32.1 Å². The van der Waals surface area contributed by atoms with Gasteiger partial charge in [0.05, 0.1) is 5.88 Å². The Hall–Kier alpha value is 0.300. The number of hydrogen-bond donors (Lipinski definition) is 1. The van der Waals surface area contributed by atoms with Gasteiger partial charge in [-0.25, -0.2) is 0 Å². The van der Waals surface area contributed by atoms with Crippen LogP contribution < -0.4 is 5.73 Å². The Balaban J connectivity index is -0.000000720. The third-order valence-electron chi connectivity index (χ3n) is 1.98. The molecule has 0 aromatic rings. The average Bonchev–Trinajstić information content (AvgIpc) is 2.18. The molecule has 0 heterocycles. The zero-order valence-corrected chi connectivity index (χ0v) is 11.8. The predicted octanol–water partition coefficient (Wildman–Crippen LogP) is 2.16. The third-order valence-corrected chi connectivity index (χ3v) is 2.25. The van der Waals surface area contributed by atoms with Gasteiger partial charge in [0.2, 0.25) is 0 Å². The topological polar surface area (TPSA) is 41.6 Å². The first-order valence-corrected chi connectivity index (χ1v) is 5.35. The van der Waals surface area contributed by atoms with E-state index in [1.165, 1.54) is 0 Å². The van der Waals surface area contributed by atoms with Crippen LogP contribution in [0.3, 0.4) is 0 Å². The van der Waals surface area contributed by atoms with Gasteiger partial charge in [0.15, 0.2) is 0 Å². The number of hydrogen-bond acceptors (Lipinski definition) is 2. The molecule has 94 valence electrons. The van der Waals surface area contributed by atoms with Crippen molar-refractivity contribution in [1.82, 2.24) is 4.90 Å². The summed E-state index contributed by atoms with van der Waals surface area (Å²) in [6.45, 7) is 8.41. The van der Waals surface area contributed by atoms with E-state index in [2.05, 4.69) is 23.7 Å². The number of amidine groups is 1. The van der Waals surface area contributed by atoms with Crippen LogP contribution in [0.2, 0.25) is 0 Å². The van der Waals surface area contributed by atoms with Crippen LogP contribution in [-0.4, -0.2) is 42.8 Å². The molecular weight excluding hydrogens is 256 g/mol. The van der Waals surface area contributed by atoms with Gasteiger partial charge in [-0.05, 0) is 26.1 Å². The number of alkyl halides is 1. The molecule has 0 aromatic heterocycles. The summed E-state index contributed by atoms with van der Waals surface area (Å²) < 4.78 is 0. The van der Waals surface area contributed by atoms with E-state index in [4.69, 9.17) is 17.3 Å². The zero-order chi connectivity index (χ0) is 10.1. The molecule has 0 amide bonds. The lowest BCUT2D eigenvalue weighted by molar-refractivity contribution is 0.302. The molecule has 0 saturated heterocycles. The Morgan fingerprint density at radius 3 is 2.20 bits per heavy atom. The first-order chi connectivity index (χ1) is 6.24. The van der Waals surface area contributed by atoms with E-state index in [1.54, 1.807) is 0 Å². The minimum absolute atomic E-state index is 0. The molecule has 6 heteroatoms. The third kappa shape index (κ3) is 12.2. The Labute approximate surface area is 110 Å². The Bertz CT molecular complexity index is 150. The highest BCUT2D eigenvalue weighted by molar-refractivity contribution is 6.27. The fraction of sp³-hybridized carbons (Fsp3) is 0.889. The highest BCUT2D eigenvalue weighted by atomic mass is 35.5. The SMILES string of the molecule is CCN(CC)CCCN=C(N)CCl.Cl.Cl. The van der Waals surface area contributed by atoms with Crippen LogP contribution in [0.4, 0.5) is 0 Å². The molecule has 0 saturated carbocycles. The summed E-state index contributed by atoms with van der Waals surface area (Å²) >= 11 is 5.48. The number of rotatable bonds is 7. The van der Waals surface area contributed by atoms with Crippen molar-refractivity contribution < 1.29 is 0 Å². The summed E-state index contributed by atoms with van der Waals surface area (Å²) in [6.07, 6.45) is 1.05. The standard InChI is InChI=1S/C9H20ClN3.2ClH/c1-3-13(4-2)7-5-6-12-9(11)8-10;;/h3-8H2,1-2H3,(H2,11,12);2*1H. The lowest BCUT2D eigenvalue weighted by Crippen LogP contribution is -2.24. The smallest absolute Gasteiger partial charge is 0.109 e. The Kier molecular flexibility index (Phi) is 19.7. The molecule has 2 N–H and O–H groups in total. The molecule has 0 aliphatic heterocycles. The van der Waals surface area contributed by atoms with Crippen molar-refractivity contribution in [3.63, 3.8) is 0 Å². The molecule has 0 bridgehead atoms. The maximum Gasteiger partial charge on any atom is 0.109 e. The van der Waals surface area contributed by atoms with Crippen LogP contribution in [-0.2, 0) is 0 Å². The van der Waals surface area contributed by atoms with E-state index >= 15 is 0 Å². The van der Waals surface area contributed by atoms with Crippen LogP contribution >= 0.6 is 36.4 Å². The molecule has 3 nitrogen and oxygen atoms in total. The van der Waals surface area contributed by atoms with Crippen LogP contribution in [0.5, 0.6) is 0 Å². The number of aliphatic imine (C=N–C) groups is 1. The molecular formula is C9H22Cl3N3. The molecule has 0 radical (unpaired) electrons. The van der Waals surface area contributed by atoms with Gasteiger partial charge in [0, 0.05) is 6.54 Å². The number of nitrogens with zero attached hydrogens (tertiary/aromatic N) is 2. The van der Waals surface area contributed by atoms with Crippen molar-refractivity contribution >= 4 is 42.3 Å². The fourth-order valence-corrected chi connectivity index (χ4v) is 1.18. The molecule has 0 fully saturated rings. The summed E-state index contributed by atoms with van der Waals surface area (Å²) in [5.74, 6) is 0.881. The highest BCUT2D eigenvalue weighted by Gasteiger charge is 1.97. The molecule has 0 aliphatic carbocycles. The van der Waals surface area contributed by atoms with Gasteiger partial charge in [-0.1, -0.05) is 13.8 Å². The van der Waals surface area contributed by atoms with Gasteiger partial charge in [-0.15, -0.1) is 36.4 Å². The first-order valence-electron chi connectivity index (χ1n) is 4.81. The monoisotopic (exact) mass is 277 g/mol. The molecule has 0 unspecified atom stereocenters. The summed E-state index contributed by atoms with van der Waals surface area (Å²) in [4.78, 5) is 6.49. The number of halogens is 3. The van der Waals surface area contributed by atoms with E-state index in [1.807, 2.05) is 0 Å². The summed E-state index contributed by atoms with van der Waals surface area (Å²) in [5, 5.41) is 0. The van der Waals surface area contributed by atoms with Gasteiger partial charge >= 0.3 is 0 Å². The van der Waals surface area contributed by atoms with Crippen molar-refractivity contribution in [3.05, 3.63) is 0 Å². The highest BCUT2D eigenvalue weighted by Crippen LogP contribution is 1.91. The second kappa shape index (κ2) is 14.3. The lowest BCUT2D eigenvalue weighted by Gasteiger charge is -2.16. The number of nitrogens with two attached hydrogens (primary N) is 1. The molecule has 0 aromatic carbocycles. The Morgan fingerprint density at radius 1 is 1.27 bits per heavy atom. The van der Waals surface area contributed by atoms with E-state index < -0.39 is 0 Å². The van der Waals surface area contributed by atoms with Gasteiger partial charge < -0.3 is 10.6 Å². The molecule has 0 aliphatic rings. The van der Waals surface area contributed by atoms with Crippen LogP contribution in [0, 0.1) is 0 Å². The van der Waals surface area contributed by atoms with Crippen LogP contribution in [0.1, 0.15) is 20.3 Å². The van der Waals surface area contributed by atoms with Crippen LogP contribution in [0.15, 0.2) is 4.99 Å². The predicted molar refractivity (Wildman–Crippen MR) is 74.1 cm³/mol. The second-order valence-electron chi connectivity index (χ2n) is 2.89. The van der Waals surface area contributed by atoms with E-state index in [9.17, 15) is 0 Å². The summed E-state index contributed by atoms with van der Waals surface area (Å²) in [5.41, 5.74) is 5.46. The maximum atomic E-state index is 5.48. The maximum absolute atomic E-state index is 5.48. The molecule has 0 spiro atoms. The van der Waals surface area contributed by atoms with Crippen LogP contribution in [0.25, 0.3) is 0 Å². The van der Waals surface area contributed by atoms with Gasteiger partial charge in [-0.2, -0.15) is 0 Å². The summed E-state index contributed by atoms with van der Waals surface area (Å²) in [7, 11) is 0. The van der Waals surface area contributed by atoms with E-state index in [0.29, 0.717) is 11.7 Å². The second-order valence-corrected chi connectivity index (χ2v) is 3.15. The largest absolute Gasteiger partial charge is 0.386 e. The molecule has 0 rings (SSSR count). The normalized spacial score (nSPS) is 10.8. The quantitative estimate of drug-likeness (QED) is 0.336. The molecule has 15 heavy (non-hydrogen) atoms. The van der Waals surface area contributed by atoms with Crippen molar-refractivity contribution in [2.24, 2.45) is 10.7 Å². The zero-order valence-electron chi connectivity index (χ0n) is 9.41.